The van der Waals surface area contributed by atoms with Crippen molar-refractivity contribution in [2.75, 3.05) is 7.05 Å². The number of carbonyl (C=O) groups excluding carboxylic acids is 1. The van der Waals surface area contributed by atoms with Gasteiger partial charge in [0.25, 0.3) is 0 Å². The van der Waals surface area contributed by atoms with E-state index in [2.05, 4.69) is 45.3 Å². The van der Waals surface area contributed by atoms with Crippen LogP contribution in [0.5, 0.6) is 0 Å². The van der Waals surface area contributed by atoms with Gasteiger partial charge in [-0.05, 0) is 30.9 Å². The number of fused-ring (bicyclic) bond motifs is 4. The summed E-state index contributed by atoms with van der Waals surface area (Å²) >= 11 is 13.3. The number of aromatic nitrogens is 2. The lowest BCUT2D eigenvalue weighted by Gasteiger charge is -2.46. The molecule has 5 heterocycles. The minimum Gasteiger partial charge on any atom is -0.317 e. The maximum absolute atomic E-state index is 13.8. The molecule has 9 nitrogen and oxygen atoms in total. The van der Waals surface area contributed by atoms with E-state index < -0.39 is 0 Å². The number of benzene rings is 1. The molecule has 0 radical (unpaired) electrons. The molecule has 1 aromatic carbocycles. The number of hydrogen-bond donors (Lipinski definition) is 4. The summed E-state index contributed by atoms with van der Waals surface area (Å²) in [7, 11) is 3.71. The standard InChI is InChI=1S/C23H32Cl2N8O/c1-10(2)26-14-9-11-5-8-15(14)33(11)23-27-21-17(22(34)31(23)3)19(28-29-21)12-6-7-13-16(18(12)24)20(25)32(4)30-13/h6-7,10-11,14-15,17,19,21,23,26-29H,5,8-9H2,1-4H3/t11-,14+,15+,17?,19?,21?,23?/m0/s1. The Morgan fingerprint density at radius 3 is 2.74 bits per heavy atom. The molecule has 7 atom stereocenters. The lowest BCUT2D eigenvalue weighted by Crippen LogP contribution is -2.70. The van der Waals surface area contributed by atoms with E-state index >= 15 is 0 Å². The first-order valence-corrected chi connectivity index (χ1v) is 12.9. The Bertz CT molecular complexity index is 1140. The maximum Gasteiger partial charge on any atom is 0.232 e. The Morgan fingerprint density at radius 1 is 1.18 bits per heavy atom. The summed E-state index contributed by atoms with van der Waals surface area (Å²) in [5.74, 6) is -0.235. The maximum atomic E-state index is 13.8. The number of rotatable bonds is 4. The van der Waals surface area contributed by atoms with Gasteiger partial charge in [0.05, 0.1) is 34.1 Å². The summed E-state index contributed by atoms with van der Waals surface area (Å²) in [5, 5.41) is 13.6. The van der Waals surface area contributed by atoms with Crippen molar-refractivity contribution in [3.8, 4) is 0 Å². The fourth-order valence-electron chi connectivity index (χ4n) is 6.66. The Hall–Kier alpha value is -1.46. The topological polar surface area (TPSA) is 89.5 Å². The van der Waals surface area contributed by atoms with Crippen molar-refractivity contribution in [1.82, 2.24) is 41.1 Å². The van der Waals surface area contributed by atoms with Crippen LogP contribution in [0.2, 0.25) is 10.2 Å². The van der Waals surface area contributed by atoms with Gasteiger partial charge in [0, 0.05) is 38.3 Å². The molecule has 11 heteroatoms. The largest absolute Gasteiger partial charge is 0.317 e. The molecule has 1 aromatic heterocycles. The molecule has 1 amide bonds. The zero-order valence-corrected chi connectivity index (χ0v) is 21.4. The van der Waals surface area contributed by atoms with Crippen molar-refractivity contribution in [2.24, 2.45) is 13.0 Å². The molecule has 4 fully saturated rings. The van der Waals surface area contributed by atoms with Crippen LogP contribution >= 0.6 is 23.2 Å². The van der Waals surface area contributed by atoms with Gasteiger partial charge in [-0.25, -0.2) is 10.9 Å². The van der Waals surface area contributed by atoms with Crippen LogP contribution < -0.4 is 21.5 Å². The van der Waals surface area contributed by atoms with Crippen LogP contribution in [-0.2, 0) is 11.8 Å². The van der Waals surface area contributed by atoms with E-state index in [0.717, 1.165) is 17.5 Å². The second-order valence-electron chi connectivity index (χ2n) is 10.4. The first kappa shape index (κ1) is 23.0. The van der Waals surface area contributed by atoms with Crippen LogP contribution in [0.15, 0.2) is 12.1 Å². The molecule has 184 valence electrons. The smallest absolute Gasteiger partial charge is 0.232 e. The van der Waals surface area contributed by atoms with Crippen LogP contribution in [0.3, 0.4) is 0 Å². The van der Waals surface area contributed by atoms with Crippen LogP contribution in [-0.4, -0.2) is 69.2 Å². The summed E-state index contributed by atoms with van der Waals surface area (Å²) in [6.45, 7) is 4.40. The van der Waals surface area contributed by atoms with Crippen LogP contribution in [0.25, 0.3) is 10.9 Å². The highest BCUT2D eigenvalue weighted by molar-refractivity contribution is 6.42. The molecule has 2 bridgehead atoms. The van der Waals surface area contributed by atoms with Crippen LogP contribution in [0.1, 0.15) is 44.7 Å². The molecule has 4 N–H and O–H groups in total. The highest BCUT2D eigenvalue weighted by Gasteiger charge is 2.55. The van der Waals surface area contributed by atoms with Crippen molar-refractivity contribution in [2.45, 2.75) is 75.8 Å². The average Bonchev–Trinajstić information content (AvgIpc) is 3.53. The van der Waals surface area contributed by atoms with Gasteiger partial charge in [0.1, 0.15) is 11.4 Å². The fourth-order valence-corrected chi connectivity index (χ4v) is 7.30. The predicted octanol–water partition coefficient (Wildman–Crippen LogP) is 1.92. The molecule has 34 heavy (non-hydrogen) atoms. The molecule has 4 unspecified atom stereocenters. The molecular weight excluding hydrogens is 475 g/mol. The third-order valence-electron chi connectivity index (χ3n) is 8.09. The number of aryl methyl sites for hydroxylation is 1. The van der Waals surface area contributed by atoms with Gasteiger partial charge in [0.15, 0.2) is 0 Å². The van der Waals surface area contributed by atoms with Crippen molar-refractivity contribution in [1.29, 1.82) is 0 Å². The molecule has 4 aliphatic heterocycles. The predicted molar refractivity (Wildman–Crippen MR) is 132 cm³/mol. The van der Waals surface area contributed by atoms with Gasteiger partial charge in [-0.3, -0.25) is 19.7 Å². The number of halogens is 2. The van der Waals surface area contributed by atoms with Crippen LogP contribution in [0.4, 0.5) is 0 Å². The van der Waals surface area contributed by atoms with Crippen molar-refractivity contribution in [3.05, 3.63) is 27.9 Å². The second-order valence-corrected chi connectivity index (χ2v) is 11.2. The van der Waals surface area contributed by atoms with Gasteiger partial charge in [0.2, 0.25) is 5.91 Å². The van der Waals surface area contributed by atoms with Crippen molar-refractivity contribution >= 4 is 40.0 Å². The minimum atomic E-state index is -0.337. The molecule has 0 saturated carbocycles. The van der Waals surface area contributed by atoms with E-state index in [0.29, 0.717) is 39.7 Å². The lowest BCUT2D eigenvalue weighted by molar-refractivity contribution is -0.150. The highest BCUT2D eigenvalue weighted by atomic mass is 35.5. The highest BCUT2D eigenvalue weighted by Crippen LogP contribution is 2.43. The van der Waals surface area contributed by atoms with Crippen LogP contribution in [0, 0.1) is 5.92 Å². The zero-order chi connectivity index (χ0) is 23.9. The van der Waals surface area contributed by atoms with E-state index in [-0.39, 0.29) is 30.3 Å². The van der Waals surface area contributed by atoms with E-state index in [4.69, 9.17) is 23.2 Å². The molecule has 2 aromatic rings. The first-order valence-electron chi connectivity index (χ1n) is 12.1. The minimum absolute atomic E-state index is 0.101. The van der Waals surface area contributed by atoms with Gasteiger partial charge in [-0.2, -0.15) is 5.10 Å². The van der Waals surface area contributed by atoms with E-state index in [1.807, 2.05) is 24.1 Å². The van der Waals surface area contributed by atoms with Gasteiger partial charge < -0.3 is 10.2 Å². The number of nitrogens with zero attached hydrogens (tertiary/aromatic N) is 4. The zero-order valence-electron chi connectivity index (χ0n) is 19.8. The Kier molecular flexibility index (Phi) is 5.61. The van der Waals surface area contributed by atoms with Gasteiger partial charge in [-0.15, -0.1) is 0 Å². The third kappa shape index (κ3) is 3.32. The van der Waals surface area contributed by atoms with E-state index in [1.54, 1.807) is 11.7 Å². The SMILES string of the molecule is CC(C)N[C@@H]1C[C@@H]2CC[C@H]1N2C1NC2NNC(c3ccc4nn(C)c(Cl)c4c3Cl)C2C(=O)N1C. The molecule has 4 saturated heterocycles. The number of nitrogens with one attached hydrogen (secondary N) is 4. The summed E-state index contributed by atoms with van der Waals surface area (Å²) in [5.41, 5.74) is 8.25. The number of hydrazine groups is 1. The van der Waals surface area contributed by atoms with Crippen molar-refractivity contribution in [3.63, 3.8) is 0 Å². The lowest BCUT2D eigenvalue weighted by atomic mass is 9.89. The molecule has 0 aliphatic carbocycles. The van der Waals surface area contributed by atoms with E-state index in [9.17, 15) is 4.79 Å². The Morgan fingerprint density at radius 2 is 1.97 bits per heavy atom. The number of carbonyl (C=O) groups is 1. The number of amides is 1. The molecular formula is C23H32Cl2N8O. The first-order chi connectivity index (χ1) is 16.3. The molecule has 4 aliphatic rings. The normalized spacial score (nSPS) is 35.8. The molecule has 0 spiro atoms. The summed E-state index contributed by atoms with van der Waals surface area (Å²) < 4.78 is 1.61. The second kappa shape index (κ2) is 8.30. The summed E-state index contributed by atoms with van der Waals surface area (Å²) in [6, 6.07) is 5.41. The van der Waals surface area contributed by atoms with Crippen molar-refractivity contribution < 1.29 is 4.79 Å². The Balaban J connectivity index is 1.27. The Labute approximate surface area is 209 Å². The van der Waals surface area contributed by atoms with E-state index in [1.165, 1.54) is 12.8 Å². The molecule has 6 rings (SSSR count). The van der Waals surface area contributed by atoms with Gasteiger partial charge in [-0.1, -0.05) is 43.1 Å². The van der Waals surface area contributed by atoms with Gasteiger partial charge >= 0.3 is 0 Å². The quantitative estimate of drug-likeness (QED) is 0.503. The summed E-state index contributed by atoms with van der Waals surface area (Å²) in [6.07, 6.45) is 3.15. The fraction of sp³-hybridized carbons (Fsp3) is 0.652. The summed E-state index contributed by atoms with van der Waals surface area (Å²) in [4.78, 5) is 18.2. The third-order valence-corrected chi connectivity index (χ3v) is 8.94. The monoisotopic (exact) mass is 506 g/mol. The number of hydrogen-bond acceptors (Lipinski definition) is 7. The average molecular weight is 507 g/mol.